The molecule has 3 rings (SSSR count). The van der Waals surface area contributed by atoms with Crippen LogP contribution in [0.5, 0.6) is 0 Å². The van der Waals surface area contributed by atoms with Crippen molar-refractivity contribution < 1.29 is 9.32 Å². The van der Waals surface area contributed by atoms with E-state index in [2.05, 4.69) is 10.1 Å². The Kier molecular flexibility index (Phi) is 5.24. The van der Waals surface area contributed by atoms with E-state index >= 15 is 0 Å². The Morgan fingerprint density at radius 2 is 2.04 bits per heavy atom. The lowest BCUT2D eigenvalue weighted by Crippen LogP contribution is -2.23. The van der Waals surface area contributed by atoms with Crippen molar-refractivity contribution in [1.82, 2.24) is 14.7 Å². The van der Waals surface area contributed by atoms with Crippen LogP contribution < -0.4 is 10.7 Å². The van der Waals surface area contributed by atoms with Gasteiger partial charge in [-0.15, -0.1) is 11.3 Å². The van der Waals surface area contributed by atoms with Gasteiger partial charge in [0.2, 0.25) is 5.91 Å². The van der Waals surface area contributed by atoms with Crippen LogP contribution in [-0.2, 0) is 11.3 Å². The number of amides is 1. The highest BCUT2D eigenvalue weighted by molar-refractivity contribution is 7.14. The summed E-state index contributed by atoms with van der Waals surface area (Å²) < 4.78 is 6.21. The summed E-state index contributed by atoms with van der Waals surface area (Å²) in [5.41, 5.74) is 1.32. The summed E-state index contributed by atoms with van der Waals surface area (Å²) in [5, 5.41) is 6.73. The van der Waals surface area contributed by atoms with Crippen LogP contribution in [0.3, 0.4) is 0 Å². The Bertz CT molecular complexity index is 975. The van der Waals surface area contributed by atoms with Gasteiger partial charge >= 0.3 is 5.76 Å². The molecule has 2 heterocycles. The summed E-state index contributed by atoms with van der Waals surface area (Å²) >= 11 is 7.24. The van der Waals surface area contributed by atoms with Crippen molar-refractivity contribution >= 4 is 39.7 Å². The fourth-order valence-corrected chi connectivity index (χ4v) is 3.50. The number of halogens is 1. The lowest BCUT2D eigenvalue weighted by molar-refractivity contribution is -0.115. The first-order valence-corrected chi connectivity index (χ1v) is 9.19. The van der Waals surface area contributed by atoms with Crippen molar-refractivity contribution in [1.29, 1.82) is 0 Å². The number of carbonyl (C=O) groups excluding carboxylic acids is 1. The molecule has 3 aromatic rings. The number of rotatable bonds is 5. The van der Waals surface area contributed by atoms with Crippen molar-refractivity contribution in [3.8, 4) is 0 Å². The number of hydrogen-bond donors (Lipinski definition) is 0. The van der Waals surface area contributed by atoms with Crippen LogP contribution in [-0.4, -0.2) is 20.6 Å². The molecule has 0 fully saturated rings. The fraction of sp³-hybridized carbons (Fsp3) is 0.294. The number of anilines is 2. The van der Waals surface area contributed by atoms with Crippen LogP contribution >= 0.6 is 22.9 Å². The average molecular weight is 393 g/mol. The van der Waals surface area contributed by atoms with Crippen molar-refractivity contribution in [2.24, 2.45) is 0 Å². The monoisotopic (exact) mass is 392 g/mol. The Hall–Kier alpha value is -2.45. The zero-order valence-electron chi connectivity index (χ0n) is 14.5. The van der Waals surface area contributed by atoms with Crippen LogP contribution in [0.1, 0.15) is 38.2 Å². The zero-order chi connectivity index (χ0) is 18.8. The predicted molar refractivity (Wildman–Crippen MR) is 100 cm³/mol. The second kappa shape index (κ2) is 7.43. The quantitative estimate of drug-likeness (QED) is 0.659. The summed E-state index contributed by atoms with van der Waals surface area (Å²) in [7, 11) is 0. The van der Waals surface area contributed by atoms with Gasteiger partial charge in [-0.05, 0) is 24.3 Å². The van der Waals surface area contributed by atoms with Gasteiger partial charge in [-0.1, -0.05) is 30.6 Å². The summed E-state index contributed by atoms with van der Waals surface area (Å²) in [6.07, 6.45) is 0. The first kappa shape index (κ1) is 18.3. The summed E-state index contributed by atoms with van der Waals surface area (Å²) in [6, 6.07) is 6.94. The van der Waals surface area contributed by atoms with Crippen LogP contribution in [0.15, 0.2) is 39.0 Å². The maximum absolute atomic E-state index is 12.1. The molecular formula is C17H17ClN4O3S. The molecule has 0 unspecified atom stereocenters. The van der Waals surface area contributed by atoms with Crippen LogP contribution in [0.2, 0.25) is 5.02 Å². The summed E-state index contributed by atoms with van der Waals surface area (Å²) in [5.74, 6) is -0.0874. The van der Waals surface area contributed by atoms with Crippen LogP contribution in [0.25, 0.3) is 0 Å². The van der Waals surface area contributed by atoms with E-state index in [9.17, 15) is 9.59 Å². The number of hydrogen-bond acceptors (Lipinski definition) is 6. The molecular weight excluding hydrogens is 376 g/mol. The molecule has 0 aliphatic carbocycles. The van der Waals surface area contributed by atoms with Crippen molar-refractivity contribution in [3.05, 3.63) is 56.7 Å². The smallest absolute Gasteiger partial charge is 0.296 e. The molecule has 136 valence electrons. The first-order valence-electron chi connectivity index (χ1n) is 7.94. The second-order valence-corrected chi connectivity index (χ2v) is 7.27. The molecule has 0 aliphatic rings. The molecule has 0 bridgehead atoms. The molecule has 0 aliphatic heterocycles. The zero-order valence-corrected chi connectivity index (χ0v) is 16.0. The minimum Gasteiger partial charge on any atom is -0.296 e. The average Bonchev–Trinajstić information content (AvgIpc) is 3.17. The van der Waals surface area contributed by atoms with Crippen molar-refractivity contribution in [3.63, 3.8) is 0 Å². The minimum absolute atomic E-state index is 0.0438. The Balaban J connectivity index is 1.91. The normalized spacial score (nSPS) is 11.1. The van der Waals surface area contributed by atoms with Gasteiger partial charge in [-0.2, -0.15) is 0 Å². The molecule has 2 aromatic heterocycles. The number of benzene rings is 1. The standard InChI is InChI=1S/C17H17ClN4O3S/c1-10(2)15-20-25-17(24)21(15)8-13-9-26-16(19-13)22(11(3)23)14-6-4-12(18)5-7-14/h4-7,9-10H,8H2,1-3H3. The number of carbonyl (C=O) groups is 1. The molecule has 0 N–H and O–H groups in total. The van der Waals surface area contributed by atoms with Gasteiger partial charge in [-0.3, -0.25) is 18.8 Å². The largest absolute Gasteiger partial charge is 0.441 e. The molecule has 1 aromatic carbocycles. The molecule has 0 radical (unpaired) electrons. The topological polar surface area (TPSA) is 81.2 Å². The van der Waals surface area contributed by atoms with E-state index in [1.54, 1.807) is 24.3 Å². The molecule has 7 nitrogen and oxygen atoms in total. The molecule has 0 saturated heterocycles. The Morgan fingerprint density at radius 1 is 1.35 bits per heavy atom. The van der Waals surface area contributed by atoms with Crippen LogP contribution in [0, 0.1) is 0 Å². The third-order valence-corrected chi connectivity index (χ3v) is 4.81. The van der Waals surface area contributed by atoms with E-state index in [-0.39, 0.29) is 18.4 Å². The third-order valence-electron chi connectivity index (χ3n) is 3.68. The summed E-state index contributed by atoms with van der Waals surface area (Å²) in [6.45, 7) is 5.56. The van der Waals surface area contributed by atoms with E-state index in [0.29, 0.717) is 27.4 Å². The van der Waals surface area contributed by atoms with E-state index in [1.165, 1.54) is 27.7 Å². The molecule has 0 atom stereocenters. The van der Waals surface area contributed by atoms with E-state index < -0.39 is 5.76 Å². The van der Waals surface area contributed by atoms with Gasteiger partial charge in [-0.25, -0.2) is 9.78 Å². The maximum Gasteiger partial charge on any atom is 0.441 e. The Labute approximate surface area is 158 Å². The highest BCUT2D eigenvalue weighted by atomic mass is 35.5. The molecule has 0 spiro atoms. The predicted octanol–water partition coefficient (Wildman–Crippen LogP) is 3.80. The molecule has 26 heavy (non-hydrogen) atoms. The molecule has 1 amide bonds. The van der Waals surface area contributed by atoms with Crippen LogP contribution in [0.4, 0.5) is 10.8 Å². The van der Waals surface area contributed by atoms with Gasteiger partial charge in [0.25, 0.3) is 0 Å². The lowest BCUT2D eigenvalue weighted by atomic mass is 10.2. The van der Waals surface area contributed by atoms with Gasteiger partial charge in [0.05, 0.1) is 17.9 Å². The molecule has 9 heteroatoms. The molecule has 0 saturated carbocycles. The highest BCUT2D eigenvalue weighted by Gasteiger charge is 2.20. The second-order valence-electron chi connectivity index (χ2n) is 6.00. The van der Waals surface area contributed by atoms with E-state index in [0.717, 1.165) is 0 Å². The van der Waals surface area contributed by atoms with Gasteiger partial charge in [0.1, 0.15) is 0 Å². The number of thiazole rings is 1. The van der Waals surface area contributed by atoms with Gasteiger partial charge < -0.3 is 0 Å². The summed E-state index contributed by atoms with van der Waals surface area (Å²) in [4.78, 5) is 30.0. The SMILES string of the molecule is CC(=O)N(c1ccc(Cl)cc1)c1nc(Cn2c(C(C)C)noc2=O)cs1. The first-order chi connectivity index (χ1) is 12.4. The van der Waals surface area contributed by atoms with Crippen molar-refractivity contribution in [2.45, 2.75) is 33.2 Å². The van der Waals surface area contributed by atoms with E-state index in [1.807, 2.05) is 19.2 Å². The maximum atomic E-state index is 12.1. The van der Waals surface area contributed by atoms with Gasteiger partial charge in [0.15, 0.2) is 11.0 Å². The van der Waals surface area contributed by atoms with Gasteiger partial charge in [0, 0.05) is 23.2 Å². The Morgan fingerprint density at radius 3 is 2.65 bits per heavy atom. The third kappa shape index (κ3) is 3.71. The number of aromatic nitrogens is 3. The minimum atomic E-state index is -0.524. The fourth-order valence-electron chi connectivity index (χ4n) is 2.49. The van der Waals surface area contributed by atoms with Crippen molar-refractivity contribution in [2.75, 3.05) is 4.90 Å². The highest BCUT2D eigenvalue weighted by Crippen LogP contribution is 2.30. The number of nitrogens with zero attached hydrogens (tertiary/aromatic N) is 4. The lowest BCUT2D eigenvalue weighted by Gasteiger charge is -2.17. The van der Waals surface area contributed by atoms with E-state index in [4.69, 9.17) is 16.1 Å².